The maximum absolute atomic E-state index is 11.7. The Morgan fingerprint density at radius 2 is 1.96 bits per heavy atom. The summed E-state index contributed by atoms with van der Waals surface area (Å²) in [5.74, 6) is -0.416. The quantitative estimate of drug-likeness (QED) is 0.490. The van der Waals surface area contributed by atoms with E-state index < -0.39 is 17.7 Å². The van der Waals surface area contributed by atoms with E-state index in [1.165, 1.54) is 7.11 Å². The lowest BCUT2D eigenvalue weighted by molar-refractivity contribution is 0.0527. The van der Waals surface area contributed by atoms with Gasteiger partial charge in [0, 0.05) is 12.2 Å². The first-order valence-electron chi connectivity index (χ1n) is 7.76. The van der Waals surface area contributed by atoms with Crippen LogP contribution in [0.15, 0.2) is 18.2 Å². The molecule has 0 aliphatic rings. The van der Waals surface area contributed by atoms with Crippen molar-refractivity contribution in [3.63, 3.8) is 0 Å². The number of carbonyl (C=O) groups excluding carboxylic acids is 2. The van der Waals surface area contributed by atoms with Crippen LogP contribution in [0.25, 0.3) is 6.08 Å². The molecule has 0 saturated heterocycles. The van der Waals surface area contributed by atoms with Crippen molar-refractivity contribution in [1.82, 2.24) is 5.32 Å². The number of carbonyl (C=O) groups is 2. The van der Waals surface area contributed by atoms with Crippen LogP contribution in [0.1, 0.15) is 48.7 Å². The second kappa shape index (κ2) is 8.38. The molecule has 6 heteroatoms. The smallest absolute Gasteiger partial charge is 0.407 e. The molecule has 0 radical (unpaired) electrons. The SMILES string of the molecule is COC(=O)c1cc(C=CCCNC(=O)OC(C)(C)C)cc(N)c1C. The molecule has 0 fully saturated rings. The van der Waals surface area contributed by atoms with Crippen molar-refractivity contribution < 1.29 is 19.1 Å². The highest BCUT2D eigenvalue weighted by atomic mass is 16.6. The molecule has 1 rings (SSSR count). The molecule has 1 amide bonds. The van der Waals surface area contributed by atoms with E-state index in [0.29, 0.717) is 29.8 Å². The zero-order valence-corrected chi connectivity index (χ0v) is 14.9. The Bertz CT molecular complexity index is 631. The van der Waals surface area contributed by atoms with Crippen LogP contribution in [0.4, 0.5) is 10.5 Å². The van der Waals surface area contributed by atoms with Crippen LogP contribution in [-0.2, 0) is 9.47 Å². The molecule has 0 unspecified atom stereocenters. The van der Waals surface area contributed by atoms with E-state index in [4.69, 9.17) is 15.2 Å². The number of methoxy groups -OCH3 is 1. The van der Waals surface area contributed by atoms with E-state index in [9.17, 15) is 9.59 Å². The van der Waals surface area contributed by atoms with Crippen molar-refractivity contribution in [1.29, 1.82) is 0 Å². The fourth-order valence-corrected chi connectivity index (χ4v) is 1.97. The third-order valence-electron chi connectivity index (χ3n) is 3.17. The molecule has 0 saturated carbocycles. The molecule has 0 heterocycles. The van der Waals surface area contributed by atoms with Gasteiger partial charge in [-0.05, 0) is 57.4 Å². The second-order valence-corrected chi connectivity index (χ2v) is 6.39. The highest BCUT2D eigenvalue weighted by Crippen LogP contribution is 2.21. The Hall–Kier alpha value is -2.50. The lowest BCUT2D eigenvalue weighted by atomic mass is 10.0. The average molecular weight is 334 g/mol. The minimum atomic E-state index is -0.510. The van der Waals surface area contributed by atoms with Gasteiger partial charge in [-0.2, -0.15) is 0 Å². The summed E-state index contributed by atoms with van der Waals surface area (Å²) in [6, 6.07) is 3.52. The Kier molecular flexibility index (Phi) is 6.82. The number of nitrogens with two attached hydrogens (primary N) is 1. The molecule has 3 N–H and O–H groups in total. The molecule has 24 heavy (non-hydrogen) atoms. The first-order valence-corrected chi connectivity index (χ1v) is 7.76. The van der Waals surface area contributed by atoms with Crippen LogP contribution in [0.2, 0.25) is 0 Å². The number of amides is 1. The summed E-state index contributed by atoms with van der Waals surface area (Å²) in [6.07, 6.45) is 3.92. The minimum Gasteiger partial charge on any atom is -0.465 e. The number of nitrogen functional groups attached to an aromatic ring is 1. The summed E-state index contributed by atoms with van der Waals surface area (Å²) < 4.78 is 9.90. The number of nitrogens with one attached hydrogen (secondary N) is 1. The van der Waals surface area contributed by atoms with Gasteiger partial charge in [-0.3, -0.25) is 0 Å². The molecule has 0 bridgehead atoms. The van der Waals surface area contributed by atoms with Crippen LogP contribution < -0.4 is 11.1 Å². The summed E-state index contributed by atoms with van der Waals surface area (Å²) >= 11 is 0. The minimum absolute atomic E-state index is 0.416. The molecule has 6 nitrogen and oxygen atoms in total. The number of hydrogen-bond acceptors (Lipinski definition) is 5. The fourth-order valence-electron chi connectivity index (χ4n) is 1.97. The summed E-state index contributed by atoms with van der Waals surface area (Å²) in [4.78, 5) is 23.2. The largest absolute Gasteiger partial charge is 0.465 e. The van der Waals surface area contributed by atoms with Gasteiger partial charge in [0.05, 0.1) is 12.7 Å². The van der Waals surface area contributed by atoms with Crippen LogP contribution in [-0.4, -0.2) is 31.3 Å². The van der Waals surface area contributed by atoms with Gasteiger partial charge in [0.1, 0.15) is 5.60 Å². The van der Waals surface area contributed by atoms with E-state index >= 15 is 0 Å². The van der Waals surface area contributed by atoms with E-state index in [2.05, 4.69) is 5.32 Å². The van der Waals surface area contributed by atoms with Crippen LogP contribution in [0.3, 0.4) is 0 Å². The zero-order valence-electron chi connectivity index (χ0n) is 14.9. The maximum atomic E-state index is 11.7. The van der Waals surface area contributed by atoms with Crippen molar-refractivity contribution in [2.75, 3.05) is 19.4 Å². The first kappa shape index (κ1) is 19.5. The van der Waals surface area contributed by atoms with Crippen molar-refractivity contribution >= 4 is 23.8 Å². The Labute approximate surface area is 143 Å². The molecular formula is C18H26N2O4. The number of anilines is 1. The third kappa shape index (κ3) is 6.32. The second-order valence-electron chi connectivity index (χ2n) is 6.39. The van der Waals surface area contributed by atoms with Gasteiger partial charge in [0.25, 0.3) is 0 Å². The summed E-state index contributed by atoms with van der Waals surface area (Å²) in [6.45, 7) is 7.67. The number of hydrogen-bond donors (Lipinski definition) is 2. The Balaban J connectivity index is 2.61. The zero-order chi connectivity index (χ0) is 18.3. The van der Waals surface area contributed by atoms with Crippen LogP contribution in [0, 0.1) is 6.92 Å². The van der Waals surface area contributed by atoms with Gasteiger partial charge in [-0.25, -0.2) is 9.59 Å². The van der Waals surface area contributed by atoms with E-state index in [1.54, 1.807) is 19.1 Å². The van der Waals surface area contributed by atoms with Crippen molar-refractivity contribution in [3.8, 4) is 0 Å². The number of ether oxygens (including phenoxy) is 2. The van der Waals surface area contributed by atoms with Gasteiger partial charge in [0.2, 0.25) is 0 Å². The monoisotopic (exact) mass is 334 g/mol. The van der Waals surface area contributed by atoms with Gasteiger partial charge in [-0.15, -0.1) is 0 Å². The Morgan fingerprint density at radius 3 is 2.54 bits per heavy atom. The number of benzene rings is 1. The molecule has 0 spiro atoms. The van der Waals surface area contributed by atoms with Crippen LogP contribution in [0.5, 0.6) is 0 Å². The molecule has 132 valence electrons. The molecule has 1 aromatic carbocycles. The third-order valence-corrected chi connectivity index (χ3v) is 3.17. The normalized spacial score (nSPS) is 11.4. The van der Waals surface area contributed by atoms with Crippen molar-refractivity contribution in [2.24, 2.45) is 0 Å². The van der Waals surface area contributed by atoms with Gasteiger partial charge < -0.3 is 20.5 Å². The fraction of sp³-hybridized carbons (Fsp3) is 0.444. The van der Waals surface area contributed by atoms with E-state index in [0.717, 1.165) is 5.56 Å². The summed E-state index contributed by atoms with van der Waals surface area (Å²) in [5, 5.41) is 2.67. The highest BCUT2D eigenvalue weighted by molar-refractivity contribution is 5.93. The van der Waals surface area contributed by atoms with Gasteiger partial charge in [-0.1, -0.05) is 12.2 Å². The van der Waals surface area contributed by atoms with Crippen LogP contribution >= 0.6 is 0 Å². The number of rotatable bonds is 5. The number of alkyl carbamates (subject to hydrolysis) is 1. The lowest BCUT2D eigenvalue weighted by Crippen LogP contribution is -2.32. The highest BCUT2D eigenvalue weighted by Gasteiger charge is 2.15. The van der Waals surface area contributed by atoms with E-state index in [1.807, 2.05) is 32.9 Å². The summed E-state index contributed by atoms with van der Waals surface area (Å²) in [7, 11) is 1.34. The average Bonchev–Trinajstić information content (AvgIpc) is 2.47. The molecule has 1 aromatic rings. The number of esters is 1. The summed E-state index contributed by atoms with van der Waals surface area (Å²) in [5.41, 5.74) is 7.90. The lowest BCUT2D eigenvalue weighted by Gasteiger charge is -2.19. The molecule has 0 aromatic heterocycles. The van der Waals surface area contributed by atoms with Crippen molar-refractivity contribution in [2.45, 2.75) is 39.7 Å². The first-order chi connectivity index (χ1) is 11.1. The van der Waals surface area contributed by atoms with Gasteiger partial charge >= 0.3 is 12.1 Å². The predicted octanol–water partition coefficient (Wildman–Crippen LogP) is 3.29. The topological polar surface area (TPSA) is 90.6 Å². The molecule has 0 atom stereocenters. The molecule has 0 aliphatic carbocycles. The van der Waals surface area contributed by atoms with Crippen molar-refractivity contribution in [3.05, 3.63) is 34.9 Å². The maximum Gasteiger partial charge on any atom is 0.407 e. The van der Waals surface area contributed by atoms with Gasteiger partial charge in [0.15, 0.2) is 0 Å². The standard InChI is InChI=1S/C18H26N2O4/c1-12-14(16(21)23-5)10-13(11-15(12)19)8-6-7-9-20-17(22)24-18(2,3)4/h6,8,10-11H,7,9,19H2,1-5H3,(H,20,22). The Morgan fingerprint density at radius 1 is 1.29 bits per heavy atom. The molecular weight excluding hydrogens is 308 g/mol. The predicted molar refractivity (Wildman–Crippen MR) is 94.8 cm³/mol. The van der Waals surface area contributed by atoms with E-state index in [-0.39, 0.29) is 0 Å². The molecule has 0 aliphatic heterocycles.